The molecule has 9 heteroatoms. The summed E-state index contributed by atoms with van der Waals surface area (Å²) < 4.78 is 33.2. The first kappa shape index (κ1) is 16.3. The second-order valence-corrected chi connectivity index (χ2v) is 8.35. The Morgan fingerprint density at radius 2 is 2.15 bits per heavy atom. The van der Waals surface area contributed by atoms with Crippen molar-refractivity contribution in [3.63, 3.8) is 0 Å². The maximum absolute atomic E-state index is 12.7. The molecule has 1 heterocycles. The second-order valence-electron chi connectivity index (χ2n) is 4.20. The van der Waals surface area contributed by atoms with Gasteiger partial charge in [0.15, 0.2) is 0 Å². The van der Waals surface area contributed by atoms with Gasteiger partial charge in [-0.25, -0.2) is 8.42 Å². The number of hydrogen-bond donors (Lipinski definition) is 1. The number of halogens is 2. The van der Waals surface area contributed by atoms with Gasteiger partial charge in [0.25, 0.3) is 0 Å². The molecule has 0 spiro atoms. The van der Waals surface area contributed by atoms with Crippen LogP contribution in [0.2, 0.25) is 0 Å². The number of hydrogen-bond acceptors (Lipinski definition) is 4. The third-order valence-electron chi connectivity index (χ3n) is 2.86. The quantitative estimate of drug-likeness (QED) is 0.722. The van der Waals surface area contributed by atoms with Crippen molar-refractivity contribution in [2.75, 3.05) is 19.7 Å². The number of ether oxygens (including phenoxy) is 1. The third kappa shape index (κ3) is 3.40. The summed E-state index contributed by atoms with van der Waals surface area (Å²) in [5.41, 5.74) is 5.53. The Morgan fingerprint density at radius 3 is 2.80 bits per heavy atom. The molecular weight excluding hydrogens is 432 g/mol. The van der Waals surface area contributed by atoms with Crippen LogP contribution in [0.5, 0.6) is 0 Å². The van der Waals surface area contributed by atoms with E-state index >= 15 is 0 Å². The minimum absolute atomic E-state index is 0.136. The van der Waals surface area contributed by atoms with Gasteiger partial charge in [0.1, 0.15) is 11.1 Å². The van der Waals surface area contributed by atoms with Gasteiger partial charge in [0.05, 0.1) is 11.5 Å². The van der Waals surface area contributed by atoms with Crippen molar-refractivity contribution >= 4 is 59.1 Å². The molecule has 5 nitrogen and oxygen atoms in total. The Bertz CT molecular complexity index is 637. The maximum Gasteiger partial charge on any atom is 0.244 e. The summed E-state index contributed by atoms with van der Waals surface area (Å²) in [4.78, 5) is 0.369. The van der Waals surface area contributed by atoms with E-state index in [4.69, 9.17) is 22.7 Å². The van der Waals surface area contributed by atoms with Gasteiger partial charge in [-0.3, -0.25) is 0 Å². The van der Waals surface area contributed by atoms with Crippen molar-refractivity contribution in [3.8, 4) is 0 Å². The van der Waals surface area contributed by atoms with E-state index in [9.17, 15) is 8.42 Å². The average Bonchev–Trinajstić information content (AvgIpc) is 2.41. The van der Waals surface area contributed by atoms with Crippen molar-refractivity contribution < 1.29 is 13.2 Å². The second kappa shape index (κ2) is 6.37. The largest absolute Gasteiger partial charge is 0.391 e. The zero-order valence-corrected chi connectivity index (χ0v) is 15.1. The van der Waals surface area contributed by atoms with Gasteiger partial charge in [-0.2, -0.15) is 4.31 Å². The highest BCUT2D eigenvalue weighted by Gasteiger charge is 2.33. The molecule has 2 N–H and O–H groups in total. The van der Waals surface area contributed by atoms with Crippen molar-refractivity contribution in [1.29, 1.82) is 0 Å². The van der Waals surface area contributed by atoms with E-state index in [1.807, 2.05) is 0 Å². The summed E-state index contributed by atoms with van der Waals surface area (Å²) in [5, 5.41) is 0. The molecule has 1 aliphatic rings. The van der Waals surface area contributed by atoms with Crippen LogP contribution >= 0.6 is 44.1 Å². The van der Waals surface area contributed by atoms with Gasteiger partial charge >= 0.3 is 0 Å². The smallest absolute Gasteiger partial charge is 0.244 e. The van der Waals surface area contributed by atoms with Crippen LogP contribution in [-0.4, -0.2) is 43.5 Å². The van der Waals surface area contributed by atoms with E-state index in [1.165, 1.54) is 4.31 Å². The number of benzene rings is 1. The molecule has 1 aromatic rings. The molecule has 0 radical (unpaired) electrons. The summed E-state index contributed by atoms with van der Waals surface area (Å²) >= 11 is 11.4. The Kier molecular flexibility index (Phi) is 5.19. The monoisotopic (exact) mass is 442 g/mol. The van der Waals surface area contributed by atoms with Crippen LogP contribution in [0, 0.1) is 0 Å². The standard InChI is InChI=1S/C11H12Br2N2O3S2/c12-7-1-2-8(13)10(5-7)20(16,17)15-3-4-18-9(6-15)11(14)19/h1-2,5,9H,3-4,6H2,(H2,14,19). The minimum atomic E-state index is -3.62. The Morgan fingerprint density at radius 1 is 1.45 bits per heavy atom. The Hall–Kier alpha value is -0.0600. The van der Waals surface area contributed by atoms with Crippen molar-refractivity contribution in [2.45, 2.75) is 11.0 Å². The van der Waals surface area contributed by atoms with Crippen LogP contribution in [0.25, 0.3) is 0 Å². The molecule has 1 atom stereocenters. The van der Waals surface area contributed by atoms with Crippen LogP contribution in [0.1, 0.15) is 0 Å². The first-order valence-electron chi connectivity index (χ1n) is 5.68. The van der Waals surface area contributed by atoms with Gasteiger partial charge in [0.2, 0.25) is 10.0 Å². The first-order chi connectivity index (χ1) is 9.32. The summed E-state index contributed by atoms with van der Waals surface area (Å²) in [5.74, 6) is 0. The lowest BCUT2D eigenvalue weighted by molar-refractivity contribution is 0.0386. The molecule has 1 fully saturated rings. The topological polar surface area (TPSA) is 72.6 Å². The number of morpholine rings is 1. The lowest BCUT2D eigenvalue weighted by Crippen LogP contribution is -2.49. The molecule has 1 aliphatic heterocycles. The van der Waals surface area contributed by atoms with Gasteiger partial charge in [-0.15, -0.1) is 0 Å². The Labute approximate surface area is 139 Å². The highest BCUT2D eigenvalue weighted by Crippen LogP contribution is 2.29. The van der Waals surface area contributed by atoms with Crippen LogP contribution < -0.4 is 5.73 Å². The first-order valence-corrected chi connectivity index (χ1v) is 9.12. The highest BCUT2D eigenvalue weighted by molar-refractivity contribution is 9.11. The minimum Gasteiger partial charge on any atom is -0.391 e. The van der Waals surface area contributed by atoms with Crippen LogP contribution in [-0.2, 0) is 14.8 Å². The fraction of sp³-hybridized carbons (Fsp3) is 0.364. The molecule has 1 unspecified atom stereocenters. The van der Waals surface area contributed by atoms with E-state index in [-0.39, 0.29) is 29.6 Å². The third-order valence-corrected chi connectivity index (χ3v) is 6.47. The average molecular weight is 444 g/mol. The van der Waals surface area contributed by atoms with Crippen LogP contribution in [0.3, 0.4) is 0 Å². The predicted molar refractivity (Wildman–Crippen MR) is 87.1 cm³/mol. The van der Waals surface area contributed by atoms with E-state index in [0.717, 1.165) is 0 Å². The number of nitrogens with zero attached hydrogens (tertiary/aromatic N) is 1. The van der Waals surface area contributed by atoms with Crippen molar-refractivity contribution in [3.05, 3.63) is 27.1 Å². The molecule has 0 amide bonds. The normalized spacial score (nSPS) is 20.8. The number of nitrogens with two attached hydrogens (primary N) is 1. The van der Waals surface area contributed by atoms with E-state index in [1.54, 1.807) is 18.2 Å². The summed E-state index contributed by atoms with van der Waals surface area (Å²) in [6.07, 6.45) is -0.542. The van der Waals surface area contributed by atoms with Gasteiger partial charge in [-0.1, -0.05) is 28.1 Å². The summed E-state index contributed by atoms with van der Waals surface area (Å²) in [7, 11) is -3.62. The zero-order chi connectivity index (χ0) is 14.9. The van der Waals surface area contributed by atoms with Gasteiger partial charge in [-0.05, 0) is 34.1 Å². The molecule has 1 aromatic carbocycles. The molecule has 0 aliphatic carbocycles. The van der Waals surface area contributed by atoms with E-state index in [2.05, 4.69) is 31.9 Å². The molecule has 20 heavy (non-hydrogen) atoms. The van der Waals surface area contributed by atoms with Crippen LogP contribution in [0.4, 0.5) is 0 Å². The fourth-order valence-corrected chi connectivity index (χ4v) is 4.86. The molecule has 2 rings (SSSR count). The lowest BCUT2D eigenvalue weighted by Gasteiger charge is -2.31. The van der Waals surface area contributed by atoms with Crippen LogP contribution in [0.15, 0.2) is 32.0 Å². The lowest BCUT2D eigenvalue weighted by atomic mass is 10.3. The van der Waals surface area contributed by atoms with Gasteiger partial charge in [0, 0.05) is 22.0 Å². The van der Waals surface area contributed by atoms with Crippen molar-refractivity contribution in [2.24, 2.45) is 5.73 Å². The van der Waals surface area contributed by atoms with E-state index < -0.39 is 16.1 Å². The number of rotatable bonds is 3. The molecule has 110 valence electrons. The maximum atomic E-state index is 12.7. The molecule has 0 bridgehead atoms. The van der Waals surface area contributed by atoms with Gasteiger partial charge < -0.3 is 10.5 Å². The molecule has 0 aromatic heterocycles. The van der Waals surface area contributed by atoms with E-state index in [0.29, 0.717) is 8.95 Å². The SMILES string of the molecule is NC(=S)C1CN(S(=O)(=O)c2cc(Br)ccc2Br)CCO1. The summed E-state index contributed by atoms with van der Waals surface area (Å²) in [6.45, 7) is 0.684. The molecule has 0 saturated carbocycles. The number of sulfonamides is 1. The molecular formula is C11H12Br2N2O3S2. The van der Waals surface area contributed by atoms with Crippen molar-refractivity contribution in [1.82, 2.24) is 4.31 Å². The fourth-order valence-electron chi connectivity index (χ4n) is 1.83. The predicted octanol–water partition coefficient (Wildman–Crippen LogP) is 1.89. The molecule has 1 saturated heterocycles. The number of thiocarbonyl (C=S) groups is 1. The zero-order valence-electron chi connectivity index (χ0n) is 10.3. The Balaban J connectivity index is 2.35. The summed E-state index contributed by atoms with van der Waals surface area (Å²) in [6, 6.07) is 5.01. The highest BCUT2D eigenvalue weighted by atomic mass is 79.9.